The Kier molecular flexibility index (Phi) is 56.0. The van der Waals surface area contributed by atoms with Crippen molar-refractivity contribution in [2.45, 2.75) is 353 Å². The standard InChI is InChI=1S/C61H119NO5/c1-3-5-7-9-11-13-15-30-33-37-41-45-49-53-59(64)58(57-63)62-60(65)54-50-46-42-38-34-31-28-26-24-22-20-18-17-19-21-23-25-27-29-32-36-40-44-48-52-56-67-61(66)55-51-47-43-39-35-16-14-12-10-8-6-4-2/h18,20,58-59,63-64H,3-17,19,21-57H2,1-2H3,(H,62,65)/b20-18-. The van der Waals surface area contributed by atoms with E-state index < -0.39 is 12.1 Å². The zero-order valence-corrected chi connectivity index (χ0v) is 45.4. The molecule has 0 radical (unpaired) electrons. The predicted molar refractivity (Wildman–Crippen MR) is 292 cm³/mol. The molecule has 0 saturated carbocycles. The Morgan fingerprint density at radius 1 is 0.403 bits per heavy atom. The van der Waals surface area contributed by atoms with Gasteiger partial charge in [0.1, 0.15) is 0 Å². The van der Waals surface area contributed by atoms with Gasteiger partial charge in [-0.2, -0.15) is 0 Å². The maximum Gasteiger partial charge on any atom is 0.305 e. The number of hydrogen-bond acceptors (Lipinski definition) is 5. The summed E-state index contributed by atoms with van der Waals surface area (Å²) in [5.74, 6) is -0.0220. The molecule has 6 nitrogen and oxygen atoms in total. The number of aliphatic hydroxyl groups is 2. The molecule has 0 aliphatic heterocycles. The Morgan fingerprint density at radius 3 is 1.06 bits per heavy atom. The lowest BCUT2D eigenvalue weighted by Gasteiger charge is -2.22. The first kappa shape index (κ1) is 65.6. The minimum atomic E-state index is -0.664. The second-order valence-corrected chi connectivity index (χ2v) is 21.0. The second kappa shape index (κ2) is 57.2. The van der Waals surface area contributed by atoms with Crippen molar-refractivity contribution in [1.82, 2.24) is 5.32 Å². The van der Waals surface area contributed by atoms with Gasteiger partial charge in [0.15, 0.2) is 0 Å². The van der Waals surface area contributed by atoms with Gasteiger partial charge in [-0.25, -0.2) is 0 Å². The van der Waals surface area contributed by atoms with Gasteiger partial charge in [-0.1, -0.05) is 289 Å². The number of aliphatic hydroxyl groups excluding tert-OH is 2. The fourth-order valence-corrected chi connectivity index (χ4v) is 9.64. The number of rotatable bonds is 57. The molecular weight excluding hydrogens is 827 g/mol. The maximum absolute atomic E-state index is 12.5. The molecule has 0 saturated heterocycles. The van der Waals surface area contributed by atoms with Gasteiger partial charge in [0.25, 0.3) is 0 Å². The zero-order valence-electron chi connectivity index (χ0n) is 45.4. The van der Waals surface area contributed by atoms with Gasteiger partial charge in [-0.3, -0.25) is 9.59 Å². The van der Waals surface area contributed by atoms with Crippen LogP contribution < -0.4 is 5.32 Å². The lowest BCUT2D eigenvalue weighted by atomic mass is 10.0. The van der Waals surface area contributed by atoms with Gasteiger partial charge < -0.3 is 20.3 Å². The highest BCUT2D eigenvalue weighted by atomic mass is 16.5. The number of hydrogen-bond donors (Lipinski definition) is 3. The number of carbonyl (C=O) groups excluding carboxylic acids is 2. The van der Waals surface area contributed by atoms with Gasteiger partial charge in [-0.05, 0) is 51.4 Å². The van der Waals surface area contributed by atoms with E-state index >= 15 is 0 Å². The predicted octanol–water partition coefficient (Wildman–Crippen LogP) is 18.9. The fourth-order valence-electron chi connectivity index (χ4n) is 9.64. The fraction of sp³-hybridized carbons (Fsp3) is 0.934. The largest absolute Gasteiger partial charge is 0.466 e. The number of amides is 1. The van der Waals surface area contributed by atoms with E-state index in [2.05, 4.69) is 31.3 Å². The number of nitrogens with one attached hydrogen (secondary N) is 1. The van der Waals surface area contributed by atoms with Crippen molar-refractivity contribution in [3.05, 3.63) is 12.2 Å². The highest BCUT2D eigenvalue weighted by molar-refractivity contribution is 5.76. The van der Waals surface area contributed by atoms with E-state index in [1.165, 1.54) is 270 Å². The smallest absolute Gasteiger partial charge is 0.305 e. The maximum atomic E-state index is 12.5. The Balaban J connectivity index is 3.38. The number of carbonyl (C=O) groups is 2. The summed E-state index contributed by atoms with van der Waals surface area (Å²) < 4.78 is 5.47. The summed E-state index contributed by atoms with van der Waals surface area (Å²) in [5.41, 5.74) is 0. The summed E-state index contributed by atoms with van der Waals surface area (Å²) in [4.78, 5) is 24.5. The van der Waals surface area contributed by atoms with E-state index in [4.69, 9.17) is 4.74 Å². The van der Waals surface area contributed by atoms with E-state index in [9.17, 15) is 19.8 Å². The van der Waals surface area contributed by atoms with Crippen LogP contribution in [0.4, 0.5) is 0 Å². The molecule has 0 aliphatic rings. The third kappa shape index (κ3) is 53.8. The number of ether oxygens (including phenoxy) is 1. The summed E-state index contributed by atoms with van der Waals surface area (Å²) in [5, 5.41) is 23.2. The molecule has 3 N–H and O–H groups in total. The molecule has 2 unspecified atom stereocenters. The Hall–Kier alpha value is -1.40. The van der Waals surface area contributed by atoms with Crippen LogP contribution in [0.2, 0.25) is 0 Å². The van der Waals surface area contributed by atoms with Crippen molar-refractivity contribution in [2.75, 3.05) is 13.2 Å². The van der Waals surface area contributed by atoms with Crippen LogP contribution in [-0.4, -0.2) is 47.4 Å². The Morgan fingerprint density at radius 2 is 0.701 bits per heavy atom. The van der Waals surface area contributed by atoms with Gasteiger partial charge in [0.2, 0.25) is 5.91 Å². The van der Waals surface area contributed by atoms with Crippen molar-refractivity contribution in [1.29, 1.82) is 0 Å². The summed E-state index contributed by atoms with van der Waals surface area (Å²) in [6, 6.07) is -0.542. The van der Waals surface area contributed by atoms with Crippen LogP contribution in [0.1, 0.15) is 341 Å². The Labute approximate surface area is 419 Å². The topological polar surface area (TPSA) is 95.9 Å². The molecule has 1 amide bonds. The van der Waals surface area contributed by atoms with Crippen LogP contribution in [0.25, 0.3) is 0 Å². The summed E-state index contributed by atoms with van der Waals surface area (Å²) in [6.45, 7) is 4.97. The van der Waals surface area contributed by atoms with E-state index in [-0.39, 0.29) is 18.5 Å². The monoisotopic (exact) mass is 946 g/mol. The molecule has 67 heavy (non-hydrogen) atoms. The average Bonchev–Trinajstić information content (AvgIpc) is 3.33. The molecule has 0 aromatic heterocycles. The summed E-state index contributed by atoms with van der Waals surface area (Å²) in [6.07, 6.45) is 67.9. The molecule has 0 spiro atoms. The average molecular weight is 947 g/mol. The van der Waals surface area contributed by atoms with E-state index in [0.717, 1.165) is 38.5 Å². The highest BCUT2D eigenvalue weighted by Crippen LogP contribution is 2.18. The lowest BCUT2D eigenvalue weighted by molar-refractivity contribution is -0.143. The van der Waals surface area contributed by atoms with Crippen molar-refractivity contribution in [3.8, 4) is 0 Å². The highest BCUT2D eigenvalue weighted by Gasteiger charge is 2.20. The van der Waals surface area contributed by atoms with Crippen molar-refractivity contribution < 1.29 is 24.5 Å². The summed E-state index contributed by atoms with van der Waals surface area (Å²) in [7, 11) is 0. The number of allylic oxidation sites excluding steroid dienone is 2. The number of unbranched alkanes of at least 4 members (excludes halogenated alkanes) is 44. The van der Waals surface area contributed by atoms with Gasteiger partial charge in [0.05, 0.1) is 25.4 Å². The summed E-state index contributed by atoms with van der Waals surface area (Å²) >= 11 is 0. The zero-order chi connectivity index (χ0) is 48.6. The van der Waals surface area contributed by atoms with Crippen molar-refractivity contribution in [2.24, 2.45) is 0 Å². The molecule has 2 atom stereocenters. The molecule has 0 bridgehead atoms. The minimum absolute atomic E-state index is 0.0146. The van der Waals surface area contributed by atoms with Gasteiger partial charge in [-0.15, -0.1) is 0 Å². The number of esters is 1. The van der Waals surface area contributed by atoms with Crippen molar-refractivity contribution in [3.63, 3.8) is 0 Å². The molecule has 6 heteroatoms. The third-order valence-electron chi connectivity index (χ3n) is 14.3. The van der Waals surface area contributed by atoms with Crippen LogP contribution in [0, 0.1) is 0 Å². The van der Waals surface area contributed by atoms with Crippen LogP contribution in [0.3, 0.4) is 0 Å². The normalized spacial score (nSPS) is 12.6. The van der Waals surface area contributed by atoms with E-state index in [1.807, 2.05) is 0 Å². The van der Waals surface area contributed by atoms with E-state index in [0.29, 0.717) is 25.9 Å². The van der Waals surface area contributed by atoms with Crippen LogP contribution in [0.15, 0.2) is 12.2 Å². The quantitative estimate of drug-likeness (QED) is 0.0321. The first-order chi connectivity index (χ1) is 33.0. The third-order valence-corrected chi connectivity index (χ3v) is 14.3. The lowest BCUT2D eigenvalue weighted by Crippen LogP contribution is -2.45. The van der Waals surface area contributed by atoms with E-state index in [1.54, 1.807) is 0 Å². The van der Waals surface area contributed by atoms with Crippen LogP contribution >= 0.6 is 0 Å². The molecule has 0 heterocycles. The van der Waals surface area contributed by atoms with Crippen molar-refractivity contribution >= 4 is 11.9 Å². The molecule has 0 rings (SSSR count). The molecule has 0 fully saturated rings. The second-order valence-electron chi connectivity index (χ2n) is 21.0. The van der Waals surface area contributed by atoms with Crippen LogP contribution in [0.5, 0.6) is 0 Å². The van der Waals surface area contributed by atoms with Gasteiger partial charge >= 0.3 is 5.97 Å². The van der Waals surface area contributed by atoms with Gasteiger partial charge in [0, 0.05) is 12.8 Å². The van der Waals surface area contributed by atoms with Crippen LogP contribution in [-0.2, 0) is 14.3 Å². The molecule has 398 valence electrons. The molecule has 0 aliphatic carbocycles. The minimum Gasteiger partial charge on any atom is -0.466 e. The Bertz CT molecular complexity index is 1000. The SMILES string of the molecule is CCCCCCCCCCCCCCCC(O)C(CO)NC(=O)CCCCCCCCCCC/C=C\CCCCCCCCCCCCCCOC(=O)CCCCCCCCCCCCCC. The molecule has 0 aromatic rings. The first-order valence-electron chi connectivity index (χ1n) is 30.4. The molecular formula is C61H119NO5. The first-order valence-corrected chi connectivity index (χ1v) is 30.4. The molecule has 0 aromatic carbocycles.